The highest BCUT2D eigenvalue weighted by molar-refractivity contribution is 6.42. The van der Waals surface area contributed by atoms with E-state index >= 15 is 0 Å². The minimum absolute atomic E-state index is 0.138. The second-order valence-corrected chi connectivity index (χ2v) is 7.58. The van der Waals surface area contributed by atoms with Crippen LogP contribution in [0.1, 0.15) is 31.2 Å². The van der Waals surface area contributed by atoms with E-state index in [1.165, 1.54) is 0 Å². The Balaban J connectivity index is 1.97. The van der Waals surface area contributed by atoms with E-state index in [-0.39, 0.29) is 17.3 Å². The molecular formula is C18H23Cl2N5O. The first-order chi connectivity index (χ1) is 12.4. The average Bonchev–Trinajstić information content (AvgIpc) is 2.65. The van der Waals surface area contributed by atoms with Crippen LogP contribution >= 0.6 is 23.2 Å². The number of rotatable bonds is 4. The molecule has 3 heterocycles. The summed E-state index contributed by atoms with van der Waals surface area (Å²) in [5.74, 6) is 0.739. The molecule has 0 atom stereocenters. The molecule has 0 saturated carbocycles. The van der Waals surface area contributed by atoms with E-state index in [1.807, 2.05) is 14.0 Å². The van der Waals surface area contributed by atoms with Crippen molar-refractivity contribution >= 4 is 29.0 Å². The van der Waals surface area contributed by atoms with Gasteiger partial charge in [0.25, 0.3) is 0 Å². The molecule has 0 spiro atoms. The fourth-order valence-electron chi connectivity index (χ4n) is 3.22. The van der Waals surface area contributed by atoms with Crippen LogP contribution in [-0.2, 0) is 6.61 Å². The molecule has 0 unspecified atom stereocenters. The summed E-state index contributed by atoms with van der Waals surface area (Å²) < 4.78 is 0. The maximum atomic E-state index is 9.87. The Morgan fingerprint density at radius 1 is 1.27 bits per heavy atom. The molecule has 26 heavy (non-hydrogen) atoms. The largest absolute Gasteiger partial charge is 0.390 e. The molecule has 2 aromatic rings. The lowest BCUT2D eigenvalue weighted by molar-refractivity contribution is 0.274. The molecule has 6 nitrogen and oxygen atoms in total. The predicted molar refractivity (Wildman–Crippen MR) is 105 cm³/mol. The number of halogens is 2. The summed E-state index contributed by atoms with van der Waals surface area (Å²) in [7, 11) is 2.00. The molecule has 2 N–H and O–H groups in total. The van der Waals surface area contributed by atoms with E-state index in [9.17, 15) is 5.11 Å². The Kier molecular flexibility index (Phi) is 5.67. The first kappa shape index (κ1) is 19.3. The number of anilines is 1. The molecule has 1 aliphatic rings. The van der Waals surface area contributed by atoms with Crippen molar-refractivity contribution in [2.45, 2.75) is 38.8 Å². The summed E-state index contributed by atoms with van der Waals surface area (Å²) in [6, 6.07) is 1.76. The van der Waals surface area contributed by atoms with E-state index in [0.717, 1.165) is 37.4 Å². The number of piperidine rings is 1. The third-order valence-corrected chi connectivity index (χ3v) is 5.91. The van der Waals surface area contributed by atoms with Crippen molar-refractivity contribution < 1.29 is 5.11 Å². The highest BCUT2D eigenvalue weighted by Gasteiger charge is 2.30. The molecule has 140 valence electrons. The van der Waals surface area contributed by atoms with E-state index in [4.69, 9.17) is 28.2 Å². The quantitative estimate of drug-likeness (QED) is 0.774. The van der Waals surface area contributed by atoms with Gasteiger partial charge in [-0.1, -0.05) is 23.2 Å². The molecule has 2 aromatic heterocycles. The van der Waals surface area contributed by atoms with Crippen molar-refractivity contribution in [1.82, 2.24) is 20.3 Å². The fraction of sp³-hybridized carbons (Fsp3) is 0.500. The van der Waals surface area contributed by atoms with E-state index in [0.29, 0.717) is 22.0 Å². The van der Waals surface area contributed by atoms with Gasteiger partial charge in [-0.3, -0.25) is 0 Å². The Morgan fingerprint density at radius 2 is 1.96 bits per heavy atom. The third-order valence-electron chi connectivity index (χ3n) is 5.14. The molecule has 0 aromatic carbocycles. The van der Waals surface area contributed by atoms with Gasteiger partial charge in [0.2, 0.25) is 0 Å². The van der Waals surface area contributed by atoms with Crippen molar-refractivity contribution in [3.8, 4) is 11.3 Å². The van der Waals surface area contributed by atoms with Crippen molar-refractivity contribution in [2.24, 2.45) is 0 Å². The number of aromatic nitrogens is 3. The van der Waals surface area contributed by atoms with Crippen molar-refractivity contribution in [1.29, 1.82) is 0 Å². The summed E-state index contributed by atoms with van der Waals surface area (Å²) in [6.07, 6.45) is 3.59. The molecule has 1 fully saturated rings. The maximum Gasteiger partial charge on any atom is 0.153 e. The molecule has 3 rings (SSSR count). The Hall–Kier alpha value is -1.47. The molecule has 0 bridgehead atoms. The van der Waals surface area contributed by atoms with Gasteiger partial charge in [0, 0.05) is 30.4 Å². The Bertz CT molecular complexity index is 806. The Labute approximate surface area is 163 Å². The number of aliphatic hydroxyl groups is 1. The monoisotopic (exact) mass is 395 g/mol. The van der Waals surface area contributed by atoms with Crippen LogP contribution in [0.4, 0.5) is 5.82 Å². The molecule has 1 aliphatic heterocycles. The van der Waals surface area contributed by atoms with E-state index in [1.54, 1.807) is 12.3 Å². The number of hydrogen-bond donors (Lipinski definition) is 2. The summed E-state index contributed by atoms with van der Waals surface area (Å²) >= 11 is 12.3. The topological polar surface area (TPSA) is 74.2 Å². The van der Waals surface area contributed by atoms with E-state index in [2.05, 4.69) is 27.1 Å². The predicted octanol–water partition coefficient (Wildman–Crippen LogP) is 3.22. The van der Waals surface area contributed by atoms with Crippen LogP contribution in [0.3, 0.4) is 0 Å². The SMILES string of the molecule is CNC1(C)CCN(c2nc(C)c(-c3ccnc(Cl)c3Cl)nc2CO)CC1. The van der Waals surface area contributed by atoms with Gasteiger partial charge in [-0.05, 0) is 39.8 Å². The fourth-order valence-corrected chi connectivity index (χ4v) is 3.58. The van der Waals surface area contributed by atoms with Crippen LogP contribution in [-0.4, -0.2) is 45.7 Å². The molecule has 8 heteroatoms. The number of aliphatic hydroxyl groups excluding tert-OH is 1. The van der Waals surface area contributed by atoms with E-state index < -0.39 is 0 Å². The summed E-state index contributed by atoms with van der Waals surface area (Å²) in [5, 5.41) is 13.8. The van der Waals surface area contributed by atoms with Crippen LogP contribution < -0.4 is 10.2 Å². The number of pyridine rings is 1. The lowest BCUT2D eigenvalue weighted by Crippen LogP contribution is -2.50. The number of aryl methyl sites for hydroxylation is 1. The second kappa shape index (κ2) is 7.64. The highest BCUT2D eigenvalue weighted by atomic mass is 35.5. The Morgan fingerprint density at radius 3 is 2.58 bits per heavy atom. The summed E-state index contributed by atoms with van der Waals surface area (Å²) in [4.78, 5) is 15.6. The van der Waals surface area contributed by atoms with Gasteiger partial charge >= 0.3 is 0 Å². The molecular weight excluding hydrogens is 373 g/mol. The summed E-state index contributed by atoms with van der Waals surface area (Å²) in [6.45, 7) is 5.65. The van der Waals surface area contributed by atoms with Crippen LogP contribution in [0.5, 0.6) is 0 Å². The van der Waals surface area contributed by atoms with Gasteiger partial charge in [-0.2, -0.15) is 0 Å². The molecule has 1 saturated heterocycles. The number of nitrogens with one attached hydrogen (secondary N) is 1. The van der Waals surface area contributed by atoms with Gasteiger partial charge < -0.3 is 15.3 Å². The maximum absolute atomic E-state index is 9.87. The van der Waals surface area contributed by atoms with Gasteiger partial charge in [0.1, 0.15) is 10.8 Å². The first-order valence-electron chi connectivity index (χ1n) is 8.61. The van der Waals surface area contributed by atoms with Crippen LogP contribution in [0.15, 0.2) is 12.3 Å². The second-order valence-electron chi connectivity index (χ2n) is 6.85. The summed E-state index contributed by atoms with van der Waals surface area (Å²) in [5.41, 5.74) is 2.70. The van der Waals surface area contributed by atoms with Crippen molar-refractivity contribution in [3.63, 3.8) is 0 Å². The van der Waals surface area contributed by atoms with Crippen LogP contribution in [0.2, 0.25) is 10.2 Å². The molecule has 0 aliphatic carbocycles. The minimum atomic E-state index is -0.189. The van der Waals surface area contributed by atoms with Gasteiger partial charge in [-0.15, -0.1) is 0 Å². The average molecular weight is 396 g/mol. The standard InChI is InChI=1S/C18H23Cl2N5O/c1-11-15(12-4-7-22-16(20)14(12)19)24-13(10-26)17(23-11)25-8-5-18(2,21-3)6-9-25/h4,7,21,26H,5-6,8-10H2,1-3H3. The van der Waals surface area contributed by atoms with Crippen LogP contribution in [0, 0.1) is 6.92 Å². The number of nitrogens with zero attached hydrogens (tertiary/aromatic N) is 4. The number of hydrogen-bond acceptors (Lipinski definition) is 6. The van der Waals surface area contributed by atoms with Gasteiger partial charge in [0.05, 0.1) is 23.0 Å². The highest BCUT2D eigenvalue weighted by Crippen LogP contribution is 2.34. The smallest absolute Gasteiger partial charge is 0.153 e. The zero-order chi connectivity index (χ0) is 18.9. The molecule has 0 radical (unpaired) electrons. The zero-order valence-corrected chi connectivity index (χ0v) is 16.7. The lowest BCUT2D eigenvalue weighted by Gasteiger charge is -2.40. The van der Waals surface area contributed by atoms with Crippen molar-refractivity contribution in [3.05, 3.63) is 33.8 Å². The third kappa shape index (κ3) is 3.64. The van der Waals surface area contributed by atoms with Gasteiger partial charge in [-0.25, -0.2) is 15.0 Å². The normalized spacial score (nSPS) is 16.8. The molecule has 0 amide bonds. The minimum Gasteiger partial charge on any atom is -0.390 e. The first-order valence-corrected chi connectivity index (χ1v) is 9.37. The lowest BCUT2D eigenvalue weighted by atomic mass is 9.90. The van der Waals surface area contributed by atoms with Gasteiger partial charge in [0.15, 0.2) is 5.82 Å². The van der Waals surface area contributed by atoms with Crippen LogP contribution in [0.25, 0.3) is 11.3 Å². The zero-order valence-electron chi connectivity index (χ0n) is 15.2. The van der Waals surface area contributed by atoms with Crippen molar-refractivity contribution in [2.75, 3.05) is 25.0 Å².